The Morgan fingerprint density at radius 2 is 1.94 bits per heavy atom. The minimum Gasteiger partial charge on any atom is -0.491 e. The smallest absolute Gasteiger partial charge is 0.147 e. The summed E-state index contributed by atoms with van der Waals surface area (Å²) in [7, 11) is 0. The molecule has 0 saturated heterocycles. The summed E-state index contributed by atoms with van der Waals surface area (Å²) in [6.45, 7) is 6.98. The first-order chi connectivity index (χ1) is 7.54. The van der Waals surface area contributed by atoms with Crippen LogP contribution in [-0.2, 0) is 6.54 Å². The molecule has 0 aliphatic carbocycles. The van der Waals surface area contributed by atoms with Crippen LogP contribution < -0.4 is 10.5 Å². The molecule has 0 aliphatic heterocycles. The highest BCUT2D eigenvalue weighted by atomic mass is 79.9. The molecule has 2 N–H and O–H groups in total. The number of halogens is 2. The van der Waals surface area contributed by atoms with Crippen molar-refractivity contribution >= 4 is 31.9 Å². The lowest BCUT2D eigenvalue weighted by Gasteiger charge is -2.11. The third-order valence-corrected chi connectivity index (χ3v) is 3.25. The molecule has 0 saturated carbocycles. The van der Waals surface area contributed by atoms with Gasteiger partial charge < -0.3 is 10.5 Å². The second-order valence-corrected chi connectivity index (χ2v) is 5.36. The molecule has 1 aromatic rings. The molecule has 0 aromatic heterocycles. The van der Waals surface area contributed by atoms with E-state index in [2.05, 4.69) is 38.4 Å². The Bertz CT molecular complexity index is 368. The third-order valence-electron chi connectivity index (χ3n) is 2.07. The molecule has 88 valence electrons. The molecule has 0 heterocycles. The maximum Gasteiger partial charge on any atom is 0.147 e. The van der Waals surface area contributed by atoms with E-state index in [9.17, 15) is 0 Å². The van der Waals surface area contributed by atoms with Crippen molar-refractivity contribution in [3.63, 3.8) is 0 Å². The van der Waals surface area contributed by atoms with Crippen LogP contribution in [0.5, 0.6) is 5.75 Å². The first-order valence-corrected chi connectivity index (χ1v) is 6.58. The van der Waals surface area contributed by atoms with Gasteiger partial charge in [0.2, 0.25) is 0 Å². The molecule has 2 nitrogen and oxygen atoms in total. The third kappa shape index (κ3) is 3.92. The molecular formula is C12H15Br2NO. The Hall–Kier alpha value is -0.320. The van der Waals surface area contributed by atoms with E-state index in [0.29, 0.717) is 13.2 Å². The number of rotatable bonds is 5. The standard InChI is InChI=1S/C12H15Br2NO/c1-8(2)3-4-16-12-10(13)5-9(7-15)6-11(12)14/h5-6H,1,3-4,7,15H2,2H3. The maximum absolute atomic E-state index is 5.68. The average molecular weight is 349 g/mol. The summed E-state index contributed by atoms with van der Waals surface area (Å²) in [5, 5.41) is 0. The van der Waals surface area contributed by atoms with Crippen molar-refractivity contribution in [2.24, 2.45) is 5.73 Å². The lowest BCUT2D eigenvalue weighted by atomic mass is 10.2. The normalized spacial score (nSPS) is 10.2. The van der Waals surface area contributed by atoms with Crippen LogP contribution in [0, 0.1) is 0 Å². The van der Waals surface area contributed by atoms with Gasteiger partial charge in [-0.25, -0.2) is 0 Å². The minimum absolute atomic E-state index is 0.517. The van der Waals surface area contributed by atoms with Gasteiger partial charge in [-0.3, -0.25) is 0 Å². The first-order valence-electron chi connectivity index (χ1n) is 4.99. The molecule has 0 amide bonds. The summed E-state index contributed by atoms with van der Waals surface area (Å²) < 4.78 is 7.52. The summed E-state index contributed by atoms with van der Waals surface area (Å²) in [5.74, 6) is 0.818. The zero-order valence-corrected chi connectivity index (χ0v) is 12.4. The molecule has 0 fully saturated rings. The number of benzene rings is 1. The van der Waals surface area contributed by atoms with Crippen LogP contribution in [0.3, 0.4) is 0 Å². The summed E-state index contributed by atoms with van der Waals surface area (Å²) in [6.07, 6.45) is 0.859. The van der Waals surface area contributed by atoms with E-state index in [0.717, 1.165) is 32.3 Å². The average Bonchev–Trinajstić information content (AvgIpc) is 2.21. The summed E-state index contributed by atoms with van der Waals surface area (Å²) in [4.78, 5) is 0. The van der Waals surface area contributed by atoms with Crippen molar-refractivity contribution in [2.75, 3.05) is 6.61 Å². The molecule has 1 rings (SSSR count). The van der Waals surface area contributed by atoms with E-state index in [1.807, 2.05) is 19.1 Å². The van der Waals surface area contributed by atoms with Gasteiger partial charge in [0.15, 0.2) is 0 Å². The fraction of sp³-hybridized carbons (Fsp3) is 0.333. The summed E-state index contributed by atoms with van der Waals surface area (Å²) in [6, 6.07) is 3.95. The second kappa shape index (κ2) is 6.42. The van der Waals surface area contributed by atoms with Crippen LogP contribution in [0.15, 0.2) is 33.2 Å². The van der Waals surface area contributed by atoms with Crippen molar-refractivity contribution in [2.45, 2.75) is 19.9 Å². The molecule has 0 radical (unpaired) electrons. The number of ether oxygens (including phenoxy) is 1. The molecule has 4 heteroatoms. The number of hydrogen-bond acceptors (Lipinski definition) is 2. The molecule has 0 aliphatic rings. The van der Waals surface area contributed by atoms with Gasteiger partial charge in [-0.2, -0.15) is 0 Å². The molecule has 0 spiro atoms. The van der Waals surface area contributed by atoms with Crippen molar-refractivity contribution in [3.05, 3.63) is 38.8 Å². The predicted octanol–water partition coefficient (Wildman–Crippen LogP) is 4.02. The number of nitrogens with two attached hydrogens (primary N) is 1. The number of hydrogen-bond donors (Lipinski definition) is 1. The van der Waals surface area contributed by atoms with Gasteiger partial charge in [0.25, 0.3) is 0 Å². The molecule has 16 heavy (non-hydrogen) atoms. The zero-order valence-electron chi connectivity index (χ0n) is 9.22. The van der Waals surface area contributed by atoms with Gasteiger partial charge in [-0.05, 0) is 56.5 Å². The Morgan fingerprint density at radius 1 is 1.38 bits per heavy atom. The highest BCUT2D eigenvalue weighted by Gasteiger charge is 2.08. The zero-order chi connectivity index (χ0) is 12.1. The molecule has 0 unspecified atom stereocenters. The van der Waals surface area contributed by atoms with Crippen LogP contribution in [0.2, 0.25) is 0 Å². The lowest BCUT2D eigenvalue weighted by molar-refractivity contribution is 0.317. The van der Waals surface area contributed by atoms with Gasteiger partial charge in [-0.1, -0.05) is 5.57 Å². The first kappa shape index (κ1) is 13.7. The summed E-state index contributed by atoms with van der Waals surface area (Å²) in [5.41, 5.74) is 7.76. The summed E-state index contributed by atoms with van der Waals surface area (Å²) >= 11 is 6.95. The van der Waals surface area contributed by atoms with E-state index in [4.69, 9.17) is 10.5 Å². The van der Waals surface area contributed by atoms with E-state index >= 15 is 0 Å². The largest absolute Gasteiger partial charge is 0.491 e. The predicted molar refractivity (Wildman–Crippen MR) is 74.7 cm³/mol. The van der Waals surface area contributed by atoms with Gasteiger partial charge in [0, 0.05) is 13.0 Å². The van der Waals surface area contributed by atoms with Crippen LogP contribution in [0.25, 0.3) is 0 Å². The fourth-order valence-corrected chi connectivity index (χ4v) is 2.71. The van der Waals surface area contributed by atoms with Crippen molar-refractivity contribution in [1.29, 1.82) is 0 Å². The van der Waals surface area contributed by atoms with Crippen molar-refractivity contribution < 1.29 is 4.74 Å². The van der Waals surface area contributed by atoms with E-state index in [1.54, 1.807) is 0 Å². The highest BCUT2D eigenvalue weighted by Crippen LogP contribution is 2.34. The SMILES string of the molecule is C=C(C)CCOc1c(Br)cc(CN)cc1Br. The van der Waals surface area contributed by atoms with Crippen LogP contribution in [0.4, 0.5) is 0 Å². The van der Waals surface area contributed by atoms with E-state index in [1.165, 1.54) is 0 Å². The Morgan fingerprint density at radius 3 is 2.38 bits per heavy atom. The van der Waals surface area contributed by atoms with Gasteiger partial charge in [0.1, 0.15) is 5.75 Å². The van der Waals surface area contributed by atoms with Crippen LogP contribution in [-0.4, -0.2) is 6.61 Å². The molecule has 0 bridgehead atoms. The highest BCUT2D eigenvalue weighted by molar-refractivity contribution is 9.11. The van der Waals surface area contributed by atoms with Crippen LogP contribution in [0.1, 0.15) is 18.9 Å². The molecular weight excluding hydrogens is 334 g/mol. The second-order valence-electron chi connectivity index (χ2n) is 3.65. The monoisotopic (exact) mass is 347 g/mol. The van der Waals surface area contributed by atoms with Crippen LogP contribution >= 0.6 is 31.9 Å². The van der Waals surface area contributed by atoms with E-state index < -0.39 is 0 Å². The van der Waals surface area contributed by atoms with Gasteiger partial charge in [0.05, 0.1) is 15.6 Å². The maximum atomic E-state index is 5.68. The van der Waals surface area contributed by atoms with Gasteiger partial charge in [-0.15, -0.1) is 6.58 Å². The lowest BCUT2D eigenvalue weighted by Crippen LogP contribution is -2.01. The van der Waals surface area contributed by atoms with E-state index in [-0.39, 0.29) is 0 Å². The van der Waals surface area contributed by atoms with Gasteiger partial charge >= 0.3 is 0 Å². The molecule has 0 atom stereocenters. The van der Waals surface area contributed by atoms with Crippen molar-refractivity contribution in [1.82, 2.24) is 0 Å². The Kier molecular flexibility index (Phi) is 5.52. The Balaban J connectivity index is 2.76. The molecule has 1 aromatic carbocycles. The quantitative estimate of drug-likeness (QED) is 0.816. The topological polar surface area (TPSA) is 35.2 Å². The Labute approximate surface area is 113 Å². The minimum atomic E-state index is 0.517. The van der Waals surface area contributed by atoms with Crippen molar-refractivity contribution in [3.8, 4) is 5.75 Å². The fourth-order valence-electron chi connectivity index (χ4n) is 1.20.